The second-order valence-electron chi connectivity index (χ2n) is 4.70. The predicted octanol–water partition coefficient (Wildman–Crippen LogP) is 3.61. The monoisotopic (exact) mass is 284 g/mol. The number of rotatable bonds is 4. The van der Waals surface area contributed by atoms with Crippen LogP contribution in [0, 0.1) is 0 Å². The summed E-state index contributed by atoms with van der Waals surface area (Å²) in [7, 11) is 3.24. The maximum Gasteiger partial charge on any atom is 0.140 e. The second-order valence-corrected chi connectivity index (χ2v) is 4.70. The van der Waals surface area contributed by atoms with E-state index >= 15 is 0 Å². The van der Waals surface area contributed by atoms with E-state index in [1.54, 1.807) is 20.3 Å². The third-order valence-electron chi connectivity index (χ3n) is 3.45. The molecule has 0 radical (unpaired) electrons. The van der Waals surface area contributed by atoms with Crippen LogP contribution in [0.25, 0.3) is 22.3 Å². The van der Waals surface area contributed by atoms with Crippen molar-refractivity contribution in [3.8, 4) is 22.8 Å². The predicted molar refractivity (Wildman–Crippen MR) is 80.7 cm³/mol. The van der Waals surface area contributed by atoms with Crippen LogP contribution in [0.4, 0.5) is 0 Å². The Hall–Kier alpha value is -2.46. The quantitative estimate of drug-likeness (QED) is 0.795. The average molecular weight is 284 g/mol. The van der Waals surface area contributed by atoms with Crippen LogP contribution in [-0.2, 0) is 6.61 Å². The molecule has 0 aliphatic carbocycles. The normalized spacial score (nSPS) is 10.8. The summed E-state index contributed by atoms with van der Waals surface area (Å²) in [5, 5.41) is 10.4. The fourth-order valence-corrected chi connectivity index (χ4v) is 2.33. The lowest BCUT2D eigenvalue weighted by atomic mass is 10.1. The Balaban J connectivity index is 2.11. The summed E-state index contributed by atoms with van der Waals surface area (Å²) in [6.45, 7) is -0.0940. The molecular weight excluding hydrogens is 268 g/mol. The third kappa shape index (κ3) is 2.45. The highest BCUT2D eigenvalue weighted by Crippen LogP contribution is 2.33. The Morgan fingerprint density at radius 3 is 2.29 bits per heavy atom. The fourth-order valence-electron chi connectivity index (χ4n) is 2.33. The average Bonchev–Trinajstić information content (AvgIpc) is 2.97. The first-order valence-corrected chi connectivity index (χ1v) is 6.61. The highest BCUT2D eigenvalue weighted by molar-refractivity contribution is 5.86. The topological polar surface area (TPSA) is 51.8 Å². The van der Waals surface area contributed by atoms with E-state index in [1.807, 2.05) is 36.4 Å². The number of fused-ring (bicyclic) bond motifs is 1. The van der Waals surface area contributed by atoms with Gasteiger partial charge >= 0.3 is 0 Å². The lowest BCUT2D eigenvalue weighted by Crippen LogP contribution is -1.87. The minimum Gasteiger partial charge on any atom is -0.497 e. The van der Waals surface area contributed by atoms with Crippen LogP contribution < -0.4 is 9.47 Å². The van der Waals surface area contributed by atoms with Crippen LogP contribution in [0.2, 0.25) is 0 Å². The molecule has 1 heterocycles. The van der Waals surface area contributed by atoms with Crippen LogP contribution in [-0.4, -0.2) is 19.3 Å². The molecule has 0 aliphatic heterocycles. The van der Waals surface area contributed by atoms with Gasteiger partial charge in [-0.25, -0.2) is 0 Å². The highest BCUT2D eigenvalue weighted by Gasteiger charge is 2.12. The van der Waals surface area contributed by atoms with Crippen molar-refractivity contribution >= 4 is 11.0 Å². The number of aliphatic hydroxyl groups excluding tert-OH is 1. The van der Waals surface area contributed by atoms with Gasteiger partial charge in [0.2, 0.25) is 0 Å². The Labute approximate surface area is 122 Å². The van der Waals surface area contributed by atoms with Crippen molar-refractivity contribution in [1.82, 2.24) is 0 Å². The van der Waals surface area contributed by atoms with Crippen molar-refractivity contribution in [3.05, 3.63) is 48.0 Å². The number of ether oxygens (including phenoxy) is 2. The Kier molecular flexibility index (Phi) is 3.54. The number of aliphatic hydroxyl groups is 1. The van der Waals surface area contributed by atoms with Crippen LogP contribution in [0.15, 0.2) is 46.9 Å². The number of methoxy groups -OCH3 is 2. The van der Waals surface area contributed by atoms with E-state index in [4.69, 9.17) is 13.9 Å². The van der Waals surface area contributed by atoms with E-state index < -0.39 is 0 Å². The molecule has 0 amide bonds. The molecule has 2 aromatic carbocycles. The standard InChI is InChI=1S/C17H16O4/c1-19-14-5-3-11(4-6-14)16-9-12-7-15(20-2)8-13(10-18)17(12)21-16/h3-9,18H,10H2,1-2H3. The molecule has 0 saturated carbocycles. The third-order valence-corrected chi connectivity index (χ3v) is 3.45. The van der Waals surface area contributed by atoms with Gasteiger partial charge in [-0.1, -0.05) is 0 Å². The molecule has 21 heavy (non-hydrogen) atoms. The van der Waals surface area contributed by atoms with Gasteiger partial charge in [-0.3, -0.25) is 0 Å². The Morgan fingerprint density at radius 2 is 1.67 bits per heavy atom. The smallest absolute Gasteiger partial charge is 0.140 e. The molecule has 0 saturated heterocycles. The van der Waals surface area contributed by atoms with E-state index in [-0.39, 0.29) is 6.61 Å². The number of benzene rings is 2. The molecule has 108 valence electrons. The summed E-state index contributed by atoms with van der Waals surface area (Å²) in [5.41, 5.74) is 2.35. The van der Waals surface area contributed by atoms with Crippen LogP contribution >= 0.6 is 0 Å². The number of hydrogen-bond acceptors (Lipinski definition) is 4. The van der Waals surface area contributed by atoms with Crippen molar-refractivity contribution in [3.63, 3.8) is 0 Å². The van der Waals surface area contributed by atoms with Crippen molar-refractivity contribution in [2.75, 3.05) is 14.2 Å². The van der Waals surface area contributed by atoms with Crippen molar-refractivity contribution in [2.45, 2.75) is 6.61 Å². The second kappa shape index (κ2) is 5.50. The zero-order valence-corrected chi connectivity index (χ0v) is 11.9. The van der Waals surface area contributed by atoms with Gasteiger partial charge in [0.15, 0.2) is 0 Å². The molecule has 0 fully saturated rings. The minimum absolute atomic E-state index is 0.0940. The van der Waals surface area contributed by atoms with E-state index in [0.717, 1.165) is 22.5 Å². The first kappa shape index (κ1) is 13.5. The molecule has 1 N–H and O–H groups in total. The zero-order valence-electron chi connectivity index (χ0n) is 11.9. The lowest BCUT2D eigenvalue weighted by molar-refractivity contribution is 0.281. The number of furan rings is 1. The molecule has 4 heteroatoms. The fraction of sp³-hybridized carbons (Fsp3) is 0.176. The zero-order chi connectivity index (χ0) is 14.8. The summed E-state index contributed by atoms with van der Waals surface area (Å²) in [6, 6.07) is 13.3. The summed E-state index contributed by atoms with van der Waals surface area (Å²) < 4.78 is 16.3. The number of hydrogen-bond donors (Lipinski definition) is 1. The Bertz CT molecular complexity index is 756. The SMILES string of the molecule is COc1ccc(-c2cc3cc(OC)cc(CO)c3o2)cc1. The molecule has 4 nitrogen and oxygen atoms in total. The van der Waals surface area contributed by atoms with Crippen molar-refractivity contribution in [2.24, 2.45) is 0 Å². The summed E-state index contributed by atoms with van der Waals surface area (Å²) >= 11 is 0. The summed E-state index contributed by atoms with van der Waals surface area (Å²) in [6.07, 6.45) is 0. The lowest BCUT2D eigenvalue weighted by Gasteiger charge is -2.03. The van der Waals surface area contributed by atoms with Crippen molar-refractivity contribution < 1.29 is 19.0 Å². The van der Waals surface area contributed by atoms with Crippen LogP contribution in [0.3, 0.4) is 0 Å². The van der Waals surface area contributed by atoms with E-state index in [2.05, 4.69) is 0 Å². The molecule has 0 unspecified atom stereocenters. The van der Waals surface area contributed by atoms with Gasteiger partial charge in [-0.05, 0) is 42.5 Å². The largest absolute Gasteiger partial charge is 0.497 e. The van der Waals surface area contributed by atoms with Gasteiger partial charge in [0.05, 0.1) is 20.8 Å². The van der Waals surface area contributed by atoms with Crippen molar-refractivity contribution in [1.29, 1.82) is 0 Å². The Morgan fingerprint density at radius 1 is 0.952 bits per heavy atom. The molecule has 1 aromatic heterocycles. The maximum absolute atomic E-state index is 9.47. The van der Waals surface area contributed by atoms with Gasteiger partial charge < -0.3 is 19.0 Å². The molecule has 3 rings (SSSR count). The van der Waals surface area contributed by atoms with Gasteiger partial charge in [0.1, 0.15) is 22.8 Å². The summed E-state index contributed by atoms with van der Waals surface area (Å²) in [5.74, 6) is 2.25. The van der Waals surface area contributed by atoms with E-state index in [1.165, 1.54) is 0 Å². The van der Waals surface area contributed by atoms with Crippen LogP contribution in [0.1, 0.15) is 5.56 Å². The summed E-state index contributed by atoms with van der Waals surface area (Å²) in [4.78, 5) is 0. The maximum atomic E-state index is 9.47. The molecule has 0 spiro atoms. The molecule has 0 atom stereocenters. The van der Waals surface area contributed by atoms with E-state index in [0.29, 0.717) is 16.9 Å². The van der Waals surface area contributed by atoms with Gasteiger partial charge in [-0.15, -0.1) is 0 Å². The van der Waals surface area contributed by atoms with E-state index in [9.17, 15) is 5.11 Å². The van der Waals surface area contributed by atoms with Gasteiger partial charge in [0.25, 0.3) is 0 Å². The first-order chi connectivity index (χ1) is 10.2. The molecule has 3 aromatic rings. The highest BCUT2D eigenvalue weighted by atomic mass is 16.5. The molecule has 0 aliphatic rings. The van der Waals surface area contributed by atoms with Gasteiger partial charge in [-0.2, -0.15) is 0 Å². The molecule has 0 bridgehead atoms. The van der Waals surface area contributed by atoms with Gasteiger partial charge in [0, 0.05) is 16.5 Å². The molecular formula is C17H16O4. The first-order valence-electron chi connectivity index (χ1n) is 6.61. The minimum atomic E-state index is -0.0940. The van der Waals surface area contributed by atoms with Crippen LogP contribution in [0.5, 0.6) is 11.5 Å².